The van der Waals surface area contributed by atoms with Crippen LogP contribution in [0.25, 0.3) is 0 Å². The number of hydrogen-bond acceptors (Lipinski definition) is 3. The molecule has 0 aliphatic rings. The highest BCUT2D eigenvalue weighted by atomic mass is 32.1. The maximum Gasteiger partial charge on any atom is 0.123 e. The van der Waals surface area contributed by atoms with Gasteiger partial charge in [-0.1, -0.05) is 18.3 Å². The van der Waals surface area contributed by atoms with Gasteiger partial charge in [-0.25, -0.2) is 4.39 Å². The fourth-order valence-electron chi connectivity index (χ4n) is 1.71. The molecule has 0 saturated heterocycles. The van der Waals surface area contributed by atoms with Crippen LogP contribution in [-0.4, -0.2) is 36.7 Å². The largest absolute Gasteiger partial charge is 0.389 e. The first kappa shape index (κ1) is 15.0. The summed E-state index contributed by atoms with van der Waals surface area (Å²) in [7, 11) is 3.65. The summed E-state index contributed by atoms with van der Waals surface area (Å²) in [6, 6.07) is 4.79. The lowest BCUT2D eigenvalue weighted by Crippen LogP contribution is -2.32. The lowest BCUT2D eigenvalue weighted by atomic mass is 10.1. The summed E-state index contributed by atoms with van der Waals surface area (Å²) in [4.78, 5) is 2.33. The number of hydrogen-bond donors (Lipinski definition) is 1. The van der Waals surface area contributed by atoms with E-state index in [1.54, 1.807) is 13.2 Å². The van der Waals surface area contributed by atoms with Crippen molar-refractivity contribution in [3.63, 3.8) is 0 Å². The Morgan fingerprint density at radius 1 is 1.56 bits per heavy atom. The smallest absolute Gasteiger partial charge is 0.123 e. The van der Waals surface area contributed by atoms with Gasteiger partial charge in [-0.2, -0.15) is 0 Å². The fraction of sp³-hybridized carbons (Fsp3) is 0.462. The van der Waals surface area contributed by atoms with Crippen molar-refractivity contribution in [3.05, 3.63) is 35.1 Å². The molecule has 1 aromatic carbocycles. The van der Waals surface area contributed by atoms with Gasteiger partial charge in [0.15, 0.2) is 0 Å². The standard InChI is InChI=1S/C13H19FN2OS/c1-9(8-17-3)16(2)7-10-4-5-11(14)6-12(10)13(15)18/h4-6,9H,7-8H2,1-3H3,(H2,15,18). The Kier molecular flexibility index (Phi) is 5.65. The van der Waals surface area contributed by atoms with Crippen LogP contribution in [0.5, 0.6) is 0 Å². The van der Waals surface area contributed by atoms with Crippen molar-refractivity contribution in [2.45, 2.75) is 19.5 Å². The molecule has 0 amide bonds. The van der Waals surface area contributed by atoms with Crippen LogP contribution in [0.15, 0.2) is 18.2 Å². The summed E-state index contributed by atoms with van der Waals surface area (Å²) in [5, 5.41) is 0. The molecule has 2 N–H and O–H groups in total. The average molecular weight is 270 g/mol. The second kappa shape index (κ2) is 6.78. The zero-order valence-corrected chi connectivity index (χ0v) is 11.8. The number of methoxy groups -OCH3 is 1. The number of rotatable bonds is 6. The number of likely N-dealkylation sites (N-methyl/N-ethyl adjacent to an activating group) is 1. The lowest BCUT2D eigenvalue weighted by molar-refractivity contribution is 0.112. The van der Waals surface area contributed by atoms with Crippen LogP contribution in [0.3, 0.4) is 0 Å². The van der Waals surface area contributed by atoms with Gasteiger partial charge in [-0.15, -0.1) is 0 Å². The maximum absolute atomic E-state index is 13.2. The highest BCUT2D eigenvalue weighted by Gasteiger charge is 2.13. The number of ether oxygens (including phenoxy) is 1. The molecule has 1 unspecified atom stereocenters. The molecule has 1 rings (SSSR count). The van der Waals surface area contributed by atoms with E-state index in [1.165, 1.54) is 12.1 Å². The van der Waals surface area contributed by atoms with Gasteiger partial charge in [0.2, 0.25) is 0 Å². The average Bonchev–Trinajstić information content (AvgIpc) is 2.31. The third-order valence-electron chi connectivity index (χ3n) is 2.92. The number of nitrogens with two attached hydrogens (primary N) is 1. The fourth-order valence-corrected chi connectivity index (χ4v) is 1.90. The first-order chi connectivity index (χ1) is 8.45. The summed E-state index contributed by atoms with van der Waals surface area (Å²) < 4.78 is 18.3. The van der Waals surface area contributed by atoms with Gasteiger partial charge in [0.1, 0.15) is 10.8 Å². The molecule has 0 saturated carbocycles. The van der Waals surface area contributed by atoms with E-state index < -0.39 is 0 Å². The van der Waals surface area contributed by atoms with Crippen LogP contribution in [0, 0.1) is 5.82 Å². The van der Waals surface area contributed by atoms with Gasteiger partial charge in [0.25, 0.3) is 0 Å². The predicted molar refractivity (Wildman–Crippen MR) is 75.1 cm³/mol. The van der Waals surface area contributed by atoms with Gasteiger partial charge in [-0.3, -0.25) is 4.90 Å². The number of benzene rings is 1. The second-order valence-corrected chi connectivity index (χ2v) is 4.83. The van der Waals surface area contributed by atoms with Crippen molar-refractivity contribution < 1.29 is 9.13 Å². The van der Waals surface area contributed by atoms with Crippen molar-refractivity contribution >= 4 is 17.2 Å². The molecule has 0 heterocycles. The highest BCUT2D eigenvalue weighted by molar-refractivity contribution is 7.80. The molecule has 0 spiro atoms. The molecular formula is C13H19FN2OS. The van der Waals surface area contributed by atoms with E-state index in [2.05, 4.69) is 11.8 Å². The van der Waals surface area contributed by atoms with Crippen molar-refractivity contribution in [1.29, 1.82) is 0 Å². The monoisotopic (exact) mass is 270 g/mol. The number of nitrogens with zero attached hydrogens (tertiary/aromatic N) is 1. The Labute approximate surface area is 113 Å². The maximum atomic E-state index is 13.2. The van der Waals surface area contributed by atoms with Crippen LogP contribution in [0.2, 0.25) is 0 Å². The topological polar surface area (TPSA) is 38.5 Å². The van der Waals surface area contributed by atoms with E-state index in [9.17, 15) is 4.39 Å². The van der Waals surface area contributed by atoms with Crippen molar-refractivity contribution in [2.75, 3.05) is 20.8 Å². The molecule has 0 aromatic heterocycles. The van der Waals surface area contributed by atoms with Gasteiger partial charge in [0, 0.05) is 25.3 Å². The highest BCUT2D eigenvalue weighted by Crippen LogP contribution is 2.14. The van der Waals surface area contributed by atoms with E-state index in [-0.39, 0.29) is 16.8 Å². The molecule has 0 fully saturated rings. The molecular weight excluding hydrogens is 251 g/mol. The molecule has 18 heavy (non-hydrogen) atoms. The Hall–Kier alpha value is -1.04. The Balaban J connectivity index is 2.87. The van der Waals surface area contributed by atoms with E-state index >= 15 is 0 Å². The first-order valence-corrected chi connectivity index (χ1v) is 6.14. The molecule has 1 atom stereocenters. The molecule has 100 valence electrons. The van der Waals surface area contributed by atoms with Crippen molar-refractivity contribution in [1.82, 2.24) is 4.90 Å². The van der Waals surface area contributed by atoms with Gasteiger partial charge < -0.3 is 10.5 Å². The Morgan fingerprint density at radius 3 is 2.78 bits per heavy atom. The van der Waals surface area contributed by atoms with Crippen LogP contribution in [0.1, 0.15) is 18.1 Å². The van der Waals surface area contributed by atoms with Crippen LogP contribution >= 0.6 is 12.2 Å². The molecule has 0 radical (unpaired) electrons. The lowest BCUT2D eigenvalue weighted by Gasteiger charge is -2.25. The quantitative estimate of drug-likeness (QED) is 0.802. The second-order valence-electron chi connectivity index (χ2n) is 4.39. The van der Waals surface area contributed by atoms with Gasteiger partial charge in [0.05, 0.1) is 6.61 Å². The van der Waals surface area contributed by atoms with Crippen molar-refractivity contribution in [2.24, 2.45) is 5.73 Å². The third-order valence-corrected chi connectivity index (χ3v) is 3.14. The van der Waals surface area contributed by atoms with Crippen molar-refractivity contribution in [3.8, 4) is 0 Å². The van der Waals surface area contributed by atoms with Crippen LogP contribution < -0.4 is 5.73 Å². The number of halogens is 1. The predicted octanol–water partition coefficient (Wildman–Crippen LogP) is 1.93. The summed E-state index contributed by atoms with van der Waals surface area (Å²) in [6.07, 6.45) is 0. The number of thiocarbonyl (C=S) groups is 1. The van der Waals surface area contributed by atoms with Crippen LogP contribution in [-0.2, 0) is 11.3 Å². The molecule has 0 aliphatic heterocycles. The molecule has 0 bridgehead atoms. The summed E-state index contributed by atoms with van der Waals surface area (Å²) >= 11 is 4.95. The Bertz CT molecular complexity index is 425. The Morgan fingerprint density at radius 2 is 2.22 bits per heavy atom. The SMILES string of the molecule is COCC(C)N(C)Cc1ccc(F)cc1C(N)=S. The van der Waals surface area contributed by atoms with E-state index in [0.717, 1.165) is 5.56 Å². The van der Waals surface area contributed by atoms with E-state index in [1.807, 2.05) is 7.05 Å². The van der Waals surface area contributed by atoms with E-state index in [0.29, 0.717) is 18.7 Å². The normalized spacial score (nSPS) is 12.7. The minimum absolute atomic E-state index is 0.220. The summed E-state index contributed by atoms with van der Waals surface area (Å²) in [6.45, 7) is 3.35. The third kappa shape index (κ3) is 4.01. The minimum atomic E-state index is -0.325. The van der Waals surface area contributed by atoms with Crippen LogP contribution in [0.4, 0.5) is 4.39 Å². The summed E-state index contributed by atoms with van der Waals surface area (Å²) in [5.74, 6) is -0.325. The summed E-state index contributed by atoms with van der Waals surface area (Å²) in [5.41, 5.74) is 7.14. The minimum Gasteiger partial charge on any atom is -0.389 e. The van der Waals surface area contributed by atoms with Gasteiger partial charge in [-0.05, 0) is 31.7 Å². The van der Waals surface area contributed by atoms with Gasteiger partial charge >= 0.3 is 0 Å². The molecule has 3 nitrogen and oxygen atoms in total. The zero-order chi connectivity index (χ0) is 13.7. The molecule has 0 aliphatic carbocycles. The zero-order valence-electron chi connectivity index (χ0n) is 10.9. The van der Waals surface area contributed by atoms with E-state index in [4.69, 9.17) is 22.7 Å². The first-order valence-electron chi connectivity index (χ1n) is 5.73. The molecule has 5 heteroatoms. The molecule has 1 aromatic rings.